The van der Waals surface area contributed by atoms with Gasteiger partial charge in [0.15, 0.2) is 0 Å². The third-order valence-corrected chi connectivity index (χ3v) is 3.75. The first-order valence-electron chi connectivity index (χ1n) is 7.26. The Morgan fingerprint density at radius 1 is 1.15 bits per heavy atom. The lowest BCUT2D eigenvalue weighted by Gasteiger charge is -2.30. The smallest absolute Gasteiger partial charge is 0.0954 e. The van der Waals surface area contributed by atoms with E-state index in [0.717, 1.165) is 26.2 Å². The predicted molar refractivity (Wildman–Crippen MR) is 85.7 cm³/mol. The van der Waals surface area contributed by atoms with Gasteiger partial charge in [-0.05, 0) is 35.0 Å². The molecule has 0 amide bonds. The van der Waals surface area contributed by atoms with Gasteiger partial charge >= 0.3 is 0 Å². The molecule has 5 nitrogen and oxygen atoms in total. The van der Waals surface area contributed by atoms with E-state index in [2.05, 4.69) is 55.0 Å². The number of rotatable bonds is 11. The van der Waals surface area contributed by atoms with Crippen LogP contribution in [0.15, 0.2) is 12.2 Å². The topological polar surface area (TPSA) is 54.3 Å². The fourth-order valence-corrected chi connectivity index (χ4v) is 1.83. The van der Waals surface area contributed by atoms with Crippen LogP contribution in [0, 0.1) is 11.3 Å². The van der Waals surface area contributed by atoms with Crippen molar-refractivity contribution in [2.45, 2.75) is 25.9 Å². The number of nitrogens with one attached hydrogen (secondary N) is 2. The first-order chi connectivity index (χ1) is 9.42. The van der Waals surface area contributed by atoms with E-state index >= 15 is 0 Å². The molecule has 5 heteroatoms. The summed E-state index contributed by atoms with van der Waals surface area (Å²) in [4.78, 5) is 4.70. The van der Waals surface area contributed by atoms with Crippen LogP contribution in [-0.2, 0) is 0 Å². The highest BCUT2D eigenvalue weighted by molar-refractivity contribution is 5.17. The minimum absolute atomic E-state index is 0.439. The largest absolute Gasteiger partial charge is 0.318 e. The van der Waals surface area contributed by atoms with Crippen LogP contribution in [0.4, 0.5) is 0 Å². The molecular weight excluding hydrogens is 250 g/mol. The van der Waals surface area contributed by atoms with Gasteiger partial charge in [-0.2, -0.15) is 5.26 Å². The van der Waals surface area contributed by atoms with Crippen molar-refractivity contribution in [1.82, 2.24) is 20.4 Å². The van der Waals surface area contributed by atoms with Gasteiger partial charge in [0.2, 0.25) is 0 Å². The molecule has 2 unspecified atom stereocenters. The highest BCUT2D eigenvalue weighted by Gasteiger charge is 2.12. The van der Waals surface area contributed by atoms with Crippen LogP contribution in [0.5, 0.6) is 0 Å². The zero-order chi connectivity index (χ0) is 15.5. The molecule has 0 radical (unpaired) electrons. The van der Waals surface area contributed by atoms with Crippen molar-refractivity contribution in [3.8, 4) is 6.07 Å². The minimum Gasteiger partial charge on any atom is -0.318 e. The van der Waals surface area contributed by atoms with Crippen molar-refractivity contribution >= 4 is 0 Å². The Labute approximate surface area is 124 Å². The lowest BCUT2D eigenvalue weighted by Crippen LogP contribution is -2.44. The fraction of sp³-hybridized carbons (Fsp3) is 0.800. The molecule has 0 aliphatic heterocycles. The molecule has 0 aliphatic rings. The first kappa shape index (κ1) is 19.1. The summed E-state index contributed by atoms with van der Waals surface area (Å²) in [6.45, 7) is 12.6. The fourth-order valence-electron chi connectivity index (χ4n) is 1.83. The third-order valence-electron chi connectivity index (χ3n) is 3.75. The van der Waals surface area contributed by atoms with Crippen LogP contribution in [0.2, 0.25) is 0 Å². The number of likely N-dealkylation sites (N-methyl/N-ethyl adjacent to an activating group) is 3. The van der Waals surface area contributed by atoms with Crippen LogP contribution in [0.3, 0.4) is 0 Å². The SMILES string of the molecule is C=C(C#N)CNCC(C)N(C)CCN(C)C(C)CNC. The molecule has 2 atom stereocenters. The molecule has 116 valence electrons. The average Bonchev–Trinajstić information content (AvgIpc) is 2.43. The molecule has 20 heavy (non-hydrogen) atoms. The Morgan fingerprint density at radius 2 is 1.65 bits per heavy atom. The van der Waals surface area contributed by atoms with E-state index in [0.29, 0.717) is 24.2 Å². The van der Waals surface area contributed by atoms with Crippen LogP contribution in [0.1, 0.15) is 13.8 Å². The van der Waals surface area contributed by atoms with Gasteiger partial charge in [-0.25, -0.2) is 0 Å². The first-order valence-corrected chi connectivity index (χ1v) is 7.26. The average molecular weight is 281 g/mol. The maximum atomic E-state index is 8.64. The lowest BCUT2D eigenvalue weighted by molar-refractivity contribution is 0.186. The number of nitrogens with zero attached hydrogens (tertiary/aromatic N) is 3. The van der Waals surface area contributed by atoms with Crippen LogP contribution in [0.25, 0.3) is 0 Å². The van der Waals surface area contributed by atoms with Gasteiger partial charge in [-0.1, -0.05) is 6.58 Å². The Balaban J connectivity index is 3.87. The van der Waals surface area contributed by atoms with Crippen molar-refractivity contribution in [3.05, 3.63) is 12.2 Å². The molecule has 0 aromatic carbocycles. The Kier molecular flexibility index (Phi) is 10.3. The van der Waals surface area contributed by atoms with Crippen LogP contribution >= 0.6 is 0 Å². The molecule has 0 saturated carbocycles. The maximum Gasteiger partial charge on any atom is 0.0954 e. The summed E-state index contributed by atoms with van der Waals surface area (Å²) < 4.78 is 0. The summed E-state index contributed by atoms with van der Waals surface area (Å²) in [5.41, 5.74) is 0.584. The molecular formula is C15H31N5. The Hall–Kier alpha value is -0.930. The summed E-state index contributed by atoms with van der Waals surface area (Å²) in [6, 6.07) is 3.03. The van der Waals surface area contributed by atoms with E-state index in [-0.39, 0.29) is 0 Å². The van der Waals surface area contributed by atoms with Crippen molar-refractivity contribution in [3.63, 3.8) is 0 Å². The molecule has 2 N–H and O–H groups in total. The van der Waals surface area contributed by atoms with Gasteiger partial charge < -0.3 is 20.4 Å². The van der Waals surface area contributed by atoms with Crippen molar-refractivity contribution in [2.24, 2.45) is 0 Å². The summed E-state index contributed by atoms with van der Waals surface area (Å²) in [5, 5.41) is 15.1. The molecule has 0 rings (SSSR count). The van der Waals surface area contributed by atoms with Crippen molar-refractivity contribution < 1.29 is 0 Å². The second kappa shape index (κ2) is 10.8. The standard InChI is InChI=1S/C15H31N5/c1-13(9-16)10-18-12-15(3)20(6)8-7-19(5)14(2)11-17-4/h14-15,17-18H,1,7-8,10-12H2,2-6H3. The molecule has 0 aromatic heterocycles. The van der Waals surface area contributed by atoms with E-state index < -0.39 is 0 Å². The zero-order valence-electron chi connectivity index (χ0n) is 13.7. The summed E-state index contributed by atoms with van der Waals surface area (Å²) >= 11 is 0. The third kappa shape index (κ3) is 8.28. The molecule has 0 spiro atoms. The molecule has 0 heterocycles. The predicted octanol–water partition coefficient (Wildman–Crippen LogP) is 0.516. The molecule has 0 bridgehead atoms. The van der Waals surface area contributed by atoms with Crippen molar-refractivity contribution in [1.29, 1.82) is 5.26 Å². The molecule has 0 fully saturated rings. The highest BCUT2D eigenvalue weighted by Crippen LogP contribution is 1.98. The van der Waals surface area contributed by atoms with Gasteiger partial charge in [-0.3, -0.25) is 0 Å². The van der Waals surface area contributed by atoms with Crippen LogP contribution < -0.4 is 10.6 Å². The summed E-state index contributed by atoms with van der Waals surface area (Å²) in [6.07, 6.45) is 0. The summed E-state index contributed by atoms with van der Waals surface area (Å²) in [7, 11) is 6.29. The van der Waals surface area contributed by atoms with E-state index in [1.807, 2.05) is 13.1 Å². The normalized spacial score (nSPS) is 14.3. The van der Waals surface area contributed by atoms with Gasteiger partial charge in [0.05, 0.1) is 6.07 Å². The van der Waals surface area contributed by atoms with E-state index in [1.165, 1.54) is 0 Å². The number of nitriles is 1. The molecule has 0 aliphatic carbocycles. The zero-order valence-corrected chi connectivity index (χ0v) is 13.7. The van der Waals surface area contributed by atoms with Gasteiger partial charge in [0, 0.05) is 50.4 Å². The summed E-state index contributed by atoms with van der Waals surface area (Å²) in [5.74, 6) is 0. The van der Waals surface area contributed by atoms with Gasteiger partial charge in [-0.15, -0.1) is 0 Å². The molecule has 0 saturated heterocycles. The Bertz CT molecular complexity index is 310. The van der Waals surface area contributed by atoms with E-state index in [4.69, 9.17) is 5.26 Å². The highest BCUT2D eigenvalue weighted by atomic mass is 15.2. The van der Waals surface area contributed by atoms with Gasteiger partial charge in [0.1, 0.15) is 0 Å². The van der Waals surface area contributed by atoms with Crippen LogP contribution in [-0.4, -0.2) is 75.8 Å². The number of hydrogen-bond acceptors (Lipinski definition) is 5. The second-order valence-electron chi connectivity index (χ2n) is 5.56. The number of hydrogen-bond donors (Lipinski definition) is 2. The monoisotopic (exact) mass is 281 g/mol. The lowest BCUT2D eigenvalue weighted by atomic mass is 10.2. The maximum absolute atomic E-state index is 8.64. The second-order valence-corrected chi connectivity index (χ2v) is 5.56. The van der Waals surface area contributed by atoms with Crippen molar-refractivity contribution in [2.75, 3.05) is 53.9 Å². The van der Waals surface area contributed by atoms with E-state index in [9.17, 15) is 0 Å². The van der Waals surface area contributed by atoms with Gasteiger partial charge in [0.25, 0.3) is 0 Å². The van der Waals surface area contributed by atoms with E-state index in [1.54, 1.807) is 0 Å². The minimum atomic E-state index is 0.439. The Morgan fingerprint density at radius 3 is 2.10 bits per heavy atom. The quantitative estimate of drug-likeness (QED) is 0.541. The molecule has 0 aromatic rings.